The molecule has 0 aromatic heterocycles. The van der Waals surface area contributed by atoms with Crippen LogP contribution in [0.4, 0.5) is 4.79 Å². The van der Waals surface area contributed by atoms with Crippen molar-refractivity contribution >= 4 is 30.3 Å². The van der Waals surface area contributed by atoms with E-state index in [0.717, 1.165) is 51.9 Å². The number of likely N-dealkylation sites (tertiary alicyclic amines) is 1. The van der Waals surface area contributed by atoms with E-state index in [2.05, 4.69) is 10.6 Å². The van der Waals surface area contributed by atoms with Gasteiger partial charge in [-0.3, -0.25) is 9.59 Å². The van der Waals surface area contributed by atoms with E-state index in [1.54, 1.807) is 6.92 Å². The Kier molecular flexibility index (Phi) is 5.23. The van der Waals surface area contributed by atoms with Gasteiger partial charge in [0, 0.05) is 19.6 Å². The topological polar surface area (TPSA) is 81.8 Å². The molecule has 4 rings (SSSR count). The zero-order valence-corrected chi connectivity index (χ0v) is 16.2. The number of nitrogens with one attached hydrogen (secondary N) is 2. The molecule has 3 saturated heterocycles. The molecule has 0 aromatic rings. The van der Waals surface area contributed by atoms with Gasteiger partial charge >= 0.3 is 6.03 Å². The lowest BCUT2D eigenvalue weighted by Gasteiger charge is -2.40. The largest absolute Gasteiger partial charge is 0.341 e. The van der Waals surface area contributed by atoms with E-state index < -0.39 is 17.6 Å². The van der Waals surface area contributed by atoms with E-state index in [4.69, 9.17) is 0 Å². The Balaban J connectivity index is 0.00000196. The molecule has 1 aliphatic carbocycles. The van der Waals surface area contributed by atoms with Crippen molar-refractivity contribution in [2.24, 2.45) is 5.41 Å². The third-order valence-electron chi connectivity index (χ3n) is 6.86. The van der Waals surface area contributed by atoms with Crippen LogP contribution >= 0.6 is 12.4 Å². The van der Waals surface area contributed by atoms with Crippen LogP contribution in [0.15, 0.2) is 0 Å². The quantitative estimate of drug-likeness (QED) is 0.702. The van der Waals surface area contributed by atoms with Crippen LogP contribution in [0.1, 0.15) is 51.9 Å². The average molecular weight is 385 g/mol. The fourth-order valence-electron chi connectivity index (χ4n) is 5.11. The van der Waals surface area contributed by atoms with Gasteiger partial charge in [0.15, 0.2) is 0 Å². The maximum Gasteiger partial charge on any atom is 0.325 e. The molecular formula is C18H29ClN4O3. The summed E-state index contributed by atoms with van der Waals surface area (Å²) in [6.45, 7) is 5.24. The van der Waals surface area contributed by atoms with Gasteiger partial charge in [-0.05, 0) is 51.0 Å². The monoisotopic (exact) mass is 384 g/mol. The van der Waals surface area contributed by atoms with E-state index in [9.17, 15) is 14.4 Å². The molecule has 1 atom stereocenters. The number of rotatable bonds is 2. The summed E-state index contributed by atoms with van der Waals surface area (Å²) in [6.07, 6.45) is 6.46. The number of urea groups is 1. The molecular weight excluding hydrogens is 356 g/mol. The minimum absolute atomic E-state index is 0. The summed E-state index contributed by atoms with van der Waals surface area (Å²) in [7, 11) is 0. The fraction of sp³-hybridized carbons (Fsp3) is 0.833. The molecule has 2 N–H and O–H groups in total. The third kappa shape index (κ3) is 2.99. The van der Waals surface area contributed by atoms with E-state index in [0.29, 0.717) is 18.3 Å². The first-order valence-electron chi connectivity index (χ1n) is 9.62. The first kappa shape index (κ1) is 19.4. The van der Waals surface area contributed by atoms with Crippen LogP contribution in [0.3, 0.4) is 0 Å². The molecule has 4 aliphatic rings. The number of nitrogens with zero attached hydrogens (tertiary/aromatic N) is 2. The molecule has 1 unspecified atom stereocenters. The molecule has 3 aliphatic heterocycles. The number of carbonyl (C=O) groups is 3. The van der Waals surface area contributed by atoms with Crippen molar-refractivity contribution in [1.29, 1.82) is 0 Å². The summed E-state index contributed by atoms with van der Waals surface area (Å²) in [5.41, 5.74) is -0.401. The van der Waals surface area contributed by atoms with Gasteiger partial charge < -0.3 is 15.5 Å². The van der Waals surface area contributed by atoms with Crippen LogP contribution in [0.2, 0.25) is 0 Å². The summed E-state index contributed by atoms with van der Waals surface area (Å²) in [6, 6.07) is -1.12. The van der Waals surface area contributed by atoms with Crippen LogP contribution in [0.25, 0.3) is 0 Å². The summed E-state index contributed by atoms with van der Waals surface area (Å²) in [5.74, 6) is -0.302. The van der Waals surface area contributed by atoms with Gasteiger partial charge in [0.05, 0.1) is 0 Å². The van der Waals surface area contributed by atoms with Crippen LogP contribution in [0, 0.1) is 5.41 Å². The van der Waals surface area contributed by atoms with Gasteiger partial charge in [-0.2, -0.15) is 0 Å². The molecule has 0 aromatic carbocycles. The molecule has 7 nitrogen and oxygen atoms in total. The molecule has 3 heterocycles. The lowest BCUT2D eigenvalue weighted by molar-refractivity contribution is -0.144. The van der Waals surface area contributed by atoms with Crippen molar-refractivity contribution < 1.29 is 14.4 Å². The normalized spacial score (nSPS) is 27.7. The molecule has 2 spiro atoms. The first-order valence-corrected chi connectivity index (χ1v) is 9.62. The van der Waals surface area contributed by atoms with Gasteiger partial charge in [0.2, 0.25) is 5.91 Å². The Labute approximate surface area is 160 Å². The SMILES string of the molecule is CC(C(=O)N1CCC2(CCNC2)CC1)N1C(=O)NC2(CCCC2)C1=O.Cl. The van der Waals surface area contributed by atoms with E-state index in [1.807, 2.05) is 4.90 Å². The lowest BCUT2D eigenvalue weighted by atomic mass is 9.78. The number of imide groups is 1. The highest BCUT2D eigenvalue weighted by Gasteiger charge is 2.55. The summed E-state index contributed by atoms with van der Waals surface area (Å²) in [5, 5.41) is 6.29. The van der Waals surface area contributed by atoms with Gasteiger partial charge in [-0.25, -0.2) is 9.69 Å². The van der Waals surface area contributed by atoms with Crippen LogP contribution in [0.5, 0.6) is 0 Å². The molecule has 4 fully saturated rings. The van der Waals surface area contributed by atoms with Crippen LogP contribution < -0.4 is 10.6 Å². The highest BCUT2D eigenvalue weighted by Crippen LogP contribution is 2.38. The predicted molar refractivity (Wildman–Crippen MR) is 99.0 cm³/mol. The van der Waals surface area contributed by atoms with Gasteiger partial charge in [-0.1, -0.05) is 12.8 Å². The van der Waals surface area contributed by atoms with Crippen molar-refractivity contribution in [3.05, 3.63) is 0 Å². The van der Waals surface area contributed by atoms with Gasteiger partial charge in [0.1, 0.15) is 11.6 Å². The number of amides is 4. The number of halogens is 1. The van der Waals surface area contributed by atoms with Crippen molar-refractivity contribution in [3.8, 4) is 0 Å². The van der Waals surface area contributed by atoms with Crippen LogP contribution in [-0.4, -0.2) is 65.4 Å². The number of carbonyl (C=O) groups excluding carboxylic acids is 3. The zero-order chi connectivity index (χ0) is 17.7. The Morgan fingerprint density at radius 3 is 2.31 bits per heavy atom. The highest BCUT2D eigenvalue weighted by molar-refractivity contribution is 6.09. The standard InChI is InChI=1S/C18H28N4O3.ClH/c1-13(22-15(24)18(20-16(22)25)4-2-3-5-18)14(23)21-10-7-17(8-11-21)6-9-19-12-17;/h13,19H,2-12H2,1H3,(H,20,25);1H. The molecule has 4 amide bonds. The predicted octanol–water partition coefficient (Wildman–Crippen LogP) is 1.26. The Hall–Kier alpha value is -1.34. The second kappa shape index (κ2) is 7.00. The molecule has 0 radical (unpaired) electrons. The fourth-order valence-corrected chi connectivity index (χ4v) is 5.11. The van der Waals surface area contributed by atoms with E-state index in [-0.39, 0.29) is 24.2 Å². The van der Waals surface area contributed by atoms with Gasteiger partial charge in [-0.15, -0.1) is 12.4 Å². The van der Waals surface area contributed by atoms with Crippen molar-refractivity contribution in [1.82, 2.24) is 20.4 Å². The third-order valence-corrected chi connectivity index (χ3v) is 6.86. The lowest BCUT2D eigenvalue weighted by Crippen LogP contribution is -2.53. The van der Waals surface area contributed by atoms with Crippen LogP contribution in [-0.2, 0) is 9.59 Å². The molecule has 146 valence electrons. The van der Waals surface area contributed by atoms with E-state index in [1.165, 1.54) is 11.3 Å². The maximum absolute atomic E-state index is 12.9. The molecule has 1 saturated carbocycles. The smallest absolute Gasteiger partial charge is 0.325 e. The first-order chi connectivity index (χ1) is 12.0. The average Bonchev–Trinajstić information content (AvgIpc) is 3.30. The Morgan fingerprint density at radius 2 is 1.73 bits per heavy atom. The number of hydrogen-bond donors (Lipinski definition) is 2. The number of hydrogen-bond acceptors (Lipinski definition) is 4. The molecule has 0 bridgehead atoms. The second-order valence-corrected chi connectivity index (χ2v) is 8.32. The van der Waals surface area contributed by atoms with Crippen molar-refractivity contribution in [2.75, 3.05) is 26.2 Å². The molecule has 8 heteroatoms. The summed E-state index contributed by atoms with van der Waals surface area (Å²) >= 11 is 0. The summed E-state index contributed by atoms with van der Waals surface area (Å²) in [4.78, 5) is 41.2. The zero-order valence-electron chi connectivity index (χ0n) is 15.4. The maximum atomic E-state index is 12.9. The van der Waals surface area contributed by atoms with Gasteiger partial charge in [0.25, 0.3) is 5.91 Å². The minimum Gasteiger partial charge on any atom is -0.341 e. The number of piperidine rings is 1. The second-order valence-electron chi connectivity index (χ2n) is 8.32. The molecule has 26 heavy (non-hydrogen) atoms. The van der Waals surface area contributed by atoms with Crippen molar-refractivity contribution in [3.63, 3.8) is 0 Å². The summed E-state index contributed by atoms with van der Waals surface area (Å²) < 4.78 is 0. The van der Waals surface area contributed by atoms with E-state index >= 15 is 0 Å². The minimum atomic E-state index is -0.743. The highest BCUT2D eigenvalue weighted by atomic mass is 35.5. The van der Waals surface area contributed by atoms with Crippen molar-refractivity contribution in [2.45, 2.75) is 63.5 Å². The Bertz CT molecular complexity index is 589. The Morgan fingerprint density at radius 1 is 1.08 bits per heavy atom.